The zero-order valence-corrected chi connectivity index (χ0v) is 15.0. The van der Waals surface area contributed by atoms with Crippen molar-refractivity contribution in [1.82, 2.24) is 15.0 Å². The van der Waals surface area contributed by atoms with E-state index in [0.29, 0.717) is 12.0 Å². The standard InChI is InChI=1S/C19H26N4O2/c1-14-11-22(2)17-6-4-3-5-16(17)12-23(14)13-18-20-19(25-21-18)15-7-9-24-10-8-15/h3-6,14-15H,7-13H2,1-2H3/t14-/m1/s1. The summed E-state index contributed by atoms with van der Waals surface area (Å²) in [6.07, 6.45) is 1.94. The van der Waals surface area contributed by atoms with Gasteiger partial charge in [-0.2, -0.15) is 4.98 Å². The summed E-state index contributed by atoms with van der Waals surface area (Å²) < 4.78 is 11.0. The zero-order chi connectivity index (χ0) is 17.2. The molecule has 1 aromatic carbocycles. The van der Waals surface area contributed by atoms with Gasteiger partial charge in [0.2, 0.25) is 5.89 Å². The Morgan fingerprint density at radius 1 is 1.20 bits per heavy atom. The Balaban J connectivity index is 1.49. The molecular weight excluding hydrogens is 316 g/mol. The monoisotopic (exact) mass is 342 g/mol. The summed E-state index contributed by atoms with van der Waals surface area (Å²) in [6.45, 7) is 6.45. The van der Waals surface area contributed by atoms with Gasteiger partial charge in [0.05, 0.1) is 6.54 Å². The van der Waals surface area contributed by atoms with Crippen molar-refractivity contribution < 1.29 is 9.26 Å². The van der Waals surface area contributed by atoms with Crippen LogP contribution in [0.25, 0.3) is 0 Å². The normalized spacial score (nSPS) is 22.6. The van der Waals surface area contributed by atoms with Crippen LogP contribution in [0.5, 0.6) is 0 Å². The number of rotatable bonds is 3. The van der Waals surface area contributed by atoms with E-state index in [-0.39, 0.29) is 0 Å². The predicted molar refractivity (Wildman–Crippen MR) is 95.5 cm³/mol. The fourth-order valence-electron chi connectivity index (χ4n) is 3.84. The van der Waals surface area contributed by atoms with Gasteiger partial charge < -0.3 is 14.2 Å². The Bertz CT molecular complexity index is 711. The molecular formula is C19H26N4O2. The lowest BCUT2D eigenvalue weighted by molar-refractivity contribution is 0.0778. The Morgan fingerprint density at radius 3 is 2.84 bits per heavy atom. The molecule has 2 aromatic rings. The quantitative estimate of drug-likeness (QED) is 0.855. The van der Waals surface area contributed by atoms with Crippen molar-refractivity contribution in [2.24, 2.45) is 0 Å². The maximum absolute atomic E-state index is 5.55. The second-order valence-electron chi connectivity index (χ2n) is 7.20. The van der Waals surface area contributed by atoms with Crippen LogP contribution in [0.3, 0.4) is 0 Å². The molecule has 0 saturated carbocycles. The summed E-state index contributed by atoms with van der Waals surface area (Å²) >= 11 is 0. The highest BCUT2D eigenvalue weighted by Crippen LogP contribution is 2.28. The van der Waals surface area contributed by atoms with E-state index in [1.165, 1.54) is 11.3 Å². The lowest BCUT2D eigenvalue weighted by Gasteiger charge is -2.27. The third kappa shape index (κ3) is 3.55. The number of para-hydroxylation sites is 1. The first-order chi connectivity index (χ1) is 12.2. The number of fused-ring (bicyclic) bond motifs is 1. The summed E-state index contributed by atoms with van der Waals surface area (Å²) in [5.41, 5.74) is 2.66. The molecule has 4 rings (SSSR count). The SMILES string of the molecule is C[C@@H]1CN(C)c2ccccc2CN1Cc1noc(C2CCOCC2)n1. The number of hydrogen-bond donors (Lipinski definition) is 0. The smallest absolute Gasteiger partial charge is 0.229 e. The number of hydrogen-bond acceptors (Lipinski definition) is 6. The van der Waals surface area contributed by atoms with Crippen LogP contribution in [-0.4, -0.2) is 47.9 Å². The van der Waals surface area contributed by atoms with Gasteiger partial charge in [-0.25, -0.2) is 0 Å². The average Bonchev–Trinajstić information content (AvgIpc) is 3.06. The molecule has 3 heterocycles. The van der Waals surface area contributed by atoms with Crippen molar-refractivity contribution >= 4 is 5.69 Å². The molecule has 25 heavy (non-hydrogen) atoms. The van der Waals surface area contributed by atoms with E-state index in [0.717, 1.165) is 57.4 Å². The fourth-order valence-corrected chi connectivity index (χ4v) is 3.84. The number of benzene rings is 1. The van der Waals surface area contributed by atoms with E-state index in [1.54, 1.807) is 0 Å². The van der Waals surface area contributed by atoms with Crippen molar-refractivity contribution in [1.29, 1.82) is 0 Å². The van der Waals surface area contributed by atoms with Crippen LogP contribution >= 0.6 is 0 Å². The summed E-state index contributed by atoms with van der Waals surface area (Å²) in [5, 5.41) is 4.24. The Kier molecular flexibility index (Phi) is 4.72. The highest BCUT2D eigenvalue weighted by molar-refractivity contribution is 5.53. The molecule has 0 radical (unpaired) electrons. The Hall–Kier alpha value is -1.92. The van der Waals surface area contributed by atoms with Crippen LogP contribution in [-0.2, 0) is 17.8 Å². The van der Waals surface area contributed by atoms with Gasteiger partial charge in [0.15, 0.2) is 5.82 Å². The first-order valence-electron chi connectivity index (χ1n) is 9.14. The summed E-state index contributed by atoms with van der Waals surface area (Å²) in [4.78, 5) is 9.45. The molecule has 0 N–H and O–H groups in total. The summed E-state index contributed by atoms with van der Waals surface area (Å²) in [7, 11) is 2.16. The highest BCUT2D eigenvalue weighted by Gasteiger charge is 2.26. The molecule has 0 aliphatic carbocycles. The minimum absolute atomic E-state index is 0.350. The van der Waals surface area contributed by atoms with Crippen LogP contribution in [0.4, 0.5) is 5.69 Å². The number of aromatic nitrogens is 2. The lowest BCUT2D eigenvalue weighted by Crippen LogP contribution is -2.37. The van der Waals surface area contributed by atoms with Gasteiger partial charge in [0.1, 0.15) is 0 Å². The number of anilines is 1. The Morgan fingerprint density at radius 2 is 2.00 bits per heavy atom. The van der Waals surface area contributed by atoms with E-state index in [1.807, 2.05) is 0 Å². The molecule has 2 aliphatic rings. The molecule has 134 valence electrons. The summed E-state index contributed by atoms with van der Waals surface area (Å²) in [6, 6.07) is 9.04. The van der Waals surface area contributed by atoms with Crippen LogP contribution in [0.2, 0.25) is 0 Å². The van der Waals surface area contributed by atoms with E-state index in [4.69, 9.17) is 9.26 Å². The van der Waals surface area contributed by atoms with E-state index < -0.39 is 0 Å². The number of nitrogens with zero attached hydrogens (tertiary/aromatic N) is 4. The molecule has 1 fully saturated rings. The molecule has 0 unspecified atom stereocenters. The second-order valence-corrected chi connectivity index (χ2v) is 7.20. The van der Waals surface area contributed by atoms with Crippen molar-refractivity contribution in [2.45, 2.75) is 44.8 Å². The second kappa shape index (κ2) is 7.14. The van der Waals surface area contributed by atoms with E-state index in [2.05, 4.69) is 58.2 Å². The van der Waals surface area contributed by atoms with Gasteiger partial charge in [-0.05, 0) is 31.4 Å². The van der Waals surface area contributed by atoms with Crippen molar-refractivity contribution in [2.75, 3.05) is 31.7 Å². The number of likely N-dealkylation sites (N-methyl/N-ethyl adjacent to an activating group) is 1. The molecule has 1 atom stereocenters. The maximum Gasteiger partial charge on any atom is 0.229 e. The predicted octanol–water partition coefficient (Wildman–Crippen LogP) is 2.80. The van der Waals surface area contributed by atoms with E-state index in [9.17, 15) is 0 Å². The van der Waals surface area contributed by atoms with E-state index >= 15 is 0 Å². The molecule has 0 bridgehead atoms. The fraction of sp³-hybridized carbons (Fsp3) is 0.579. The zero-order valence-electron chi connectivity index (χ0n) is 15.0. The van der Waals surface area contributed by atoms with Gasteiger partial charge >= 0.3 is 0 Å². The average molecular weight is 342 g/mol. The van der Waals surface area contributed by atoms with Gasteiger partial charge in [-0.1, -0.05) is 23.4 Å². The lowest BCUT2D eigenvalue weighted by atomic mass is 10.0. The van der Waals surface area contributed by atoms with Gasteiger partial charge in [0, 0.05) is 51.0 Å². The van der Waals surface area contributed by atoms with Crippen LogP contribution in [0, 0.1) is 0 Å². The van der Waals surface area contributed by atoms with Gasteiger partial charge in [0.25, 0.3) is 0 Å². The first-order valence-corrected chi connectivity index (χ1v) is 9.14. The first kappa shape index (κ1) is 16.5. The topological polar surface area (TPSA) is 54.6 Å². The van der Waals surface area contributed by atoms with Crippen LogP contribution in [0.15, 0.2) is 28.8 Å². The molecule has 1 aromatic heterocycles. The minimum Gasteiger partial charge on any atom is -0.381 e. The highest BCUT2D eigenvalue weighted by atomic mass is 16.5. The minimum atomic E-state index is 0.350. The Labute approximate surface area is 148 Å². The van der Waals surface area contributed by atoms with Crippen molar-refractivity contribution in [3.8, 4) is 0 Å². The van der Waals surface area contributed by atoms with Crippen molar-refractivity contribution in [3.63, 3.8) is 0 Å². The molecule has 6 heteroatoms. The molecule has 0 spiro atoms. The maximum atomic E-state index is 5.55. The molecule has 6 nitrogen and oxygen atoms in total. The van der Waals surface area contributed by atoms with Crippen LogP contribution in [0.1, 0.15) is 43.0 Å². The molecule has 0 amide bonds. The number of ether oxygens (including phenoxy) is 1. The van der Waals surface area contributed by atoms with Gasteiger partial charge in [-0.3, -0.25) is 4.90 Å². The third-order valence-electron chi connectivity index (χ3n) is 5.34. The molecule has 2 aliphatic heterocycles. The molecule has 1 saturated heterocycles. The van der Waals surface area contributed by atoms with Crippen LogP contribution < -0.4 is 4.90 Å². The van der Waals surface area contributed by atoms with Gasteiger partial charge in [-0.15, -0.1) is 0 Å². The largest absolute Gasteiger partial charge is 0.381 e. The third-order valence-corrected chi connectivity index (χ3v) is 5.34. The van der Waals surface area contributed by atoms with Crippen molar-refractivity contribution in [3.05, 3.63) is 41.5 Å². The summed E-state index contributed by atoms with van der Waals surface area (Å²) in [5.74, 6) is 1.91.